The van der Waals surface area contributed by atoms with Gasteiger partial charge >= 0.3 is 5.97 Å². The number of halogens is 1. The van der Waals surface area contributed by atoms with Crippen LogP contribution in [-0.4, -0.2) is 26.0 Å². The van der Waals surface area contributed by atoms with Crippen molar-refractivity contribution in [1.29, 1.82) is 0 Å². The molecule has 0 unspecified atom stereocenters. The van der Waals surface area contributed by atoms with Crippen LogP contribution in [0.1, 0.15) is 17.0 Å². The molecule has 108 valence electrons. The number of carbonyl (C=O) groups is 1. The van der Waals surface area contributed by atoms with Gasteiger partial charge in [-0.25, -0.2) is 9.97 Å². The number of hydrogen-bond acceptors (Lipinski definition) is 5. The lowest BCUT2D eigenvalue weighted by Crippen LogP contribution is -2.05. The first-order valence-corrected chi connectivity index (χ1v) is 6.29. The molecule has 2 aromatic rings. The Morgan fingerprint density at radius 1 is 1.33 bits per heavy atom. The first kappa shape index (κ1) is 14.9. The van der Waals surface area contributed by atoms with Crippen molar-refractivity contribution in [3.63, 3.8) is 0 Å². The second-order valence-electron chi connectivity index (χ2n) is 4.27. The van der Waals surface area contributed by atoms with E-state index in [1.807, 2.05) is 0 Å². The Morgan fingerprint density at radius 3 is 2.52 bits per heavy atom. The molecule has 0 radical (unpaired) electrons. The average molecular weight is 308 g/mol. The van der Waals surface area contributed by atoms with Gasteiger partial charge in [-0.2, -0.15) is 0 Å². The van der Waals surface area contributed by atoms with E-state index in [0.717, 1.165) is 5.56 Å². The molecule has 0 aliphatic rings. The smallest absolute Gasteiger partial charge is 0.307 e. The Kier molecular flexibility index (Phi) is 4.44. The van der Waals surface area contributed by atoms with Gasteiger partial charge in [0.05, 0.1) is 11.3 Å². The minimum Gasteiger partial charge on any atom is -0.481 e. The van der Waals surface area contributed by atoms with Crippen molar-refractivity contribution in [3.05, 3.63) is 62.7 Å². The second-order valence-corrected chi connectivity index (χ2v) is 4.63. The molecule has 1 N–H and O–H groups in total. The minimum absolute atomic E-state index is 0.00880. The fraction of sp³-hybridized carbons (Fsp3) is 0.154. The van der Waals surface area contributed by atoms with Gasteiger partial charge in [-0.3, -0.25) is 14.9 Å². The largest absolute Gasteiger partial charge is 0.481 e. The standard InChI is InChI=1S/C13H10ClN3O4/c14-13-9(6-12(18)19)7-15-11(16-13)5-8-1-3-10(4-2-8)17(20)21/h1-4,7H,5-6H2,(H,18,19). The summed E-state index contributed by atoms with van der Waals surface area (Å²) in [4.78, 5) is 28.8. The summed E-state index contributed by atoms with van der Waals surface area (Å²) in [5.41, 5.74) is 1.15. The van der Waals surface area contributed by atoms with Gasteiger partial charge < -0.3 is 5.11 Å². The van der Waals surface area contributed by atoms with E-state index in [1.165, 1.54) is 18.3 Å². The highest BCUT2D eigenvalue weighted by Gasteiger charge is 2.10. The monoisotopic (exact) mass is 307 g/mol. The van der Waals surface area contributed by atoms with Gasteiger partial charge in [-0.1, -0.05) is 23.7 Å². The molecule has 0 fully saturated rings. The summed E-state index contributed by atoms with van der Waals surface area (Å²) in [5.74, 6) is -0.591. The van der Waals surface area contributed by atoms with E-state index in [4.69, 9.17) is 16.7 Å². The Bertz CT molecular complexity index is 688. The van der Waals surface area contributed by atoms with Crippen LogP contribution in [0.5, 0.6) is 0 Å². The summed E-state index contributed by atoms with van der Waals surface area (Å²) in [6.07, 6.45) is 1.49. The number of rotatable bonds is 5. The van der Waals surface area contributed by atoms with Crippen molar-refractivity contribution < 1.29 is 14.8 Å². The number of nitrogens with zero attached hydrogens (tertiary/aromatic N) is 3. The van der Waals surface area contributed by atoms with Crippen LogP contribution in [-0.2, 0) is 17.6 Å². The molecule has 1 aromatic heterocycles. The summed E-state index contributed by atoms with van der Waals surface area (Å²) >= 11 is 5.90. The summed E-state index contributed by atoms with van der Waals surface area (Å²) in [5, 5.41) is 19.4. The molecule has 2 rings (SSSR count). The number of carboxylic acids is 1. The highest BCUT2D eigenvalue weighted by molar-refractivity contribution is 6.30. The van der Waals surface area contributed by atoms with Gasteiger partial charge in [0.25, 0.3) is 5.69 Å². The Morgan fingerprint density at radius 2 is 2.00 bits per heavy atom. The number of hydrogen-bond donors (Lipinski definition) is 1. The van der Waals surface area contributed by atoms with E-state index in [1.54, 1.807) is 12.1 Å². The van der Waals surface area contributed by atoms with Crippen LogP contribution in [0.4, 0.5) is 5.69 Å². The van der Waals surface area contributed by atoms with Crippen LogP contribution < -0.4 is 0 Å². The highest BCUT2D eigenvalue weighted by Crippen LogP contribution is 2.16. The molecule has 1 heterocycles. The normalized spacial score (nSPS) is 10.3. The van der Waals surface area contributed by atoms with Crippen LogP contribution >= 0.6 is 11.6 Å². The molecule has 0 aliphatic heterocycles. The zero-order chi connectivity index (χ0) is 15.4. The van der Waals surface area contributed by atoms with Crippen molar-refractivity contribution in [2.45, 2.75) is 12.8 Å². The molecule has 7 nitrogen and oxygen atoms in total. The third kappa shape index (κ3) is 3.96. The molecule has 0 amide bonds. The first-order valence-electron chi connectivity index (χ1n) is 5.91. The number of benzene rings is 1. The number of carboxylic acid groups (broad SMARTS) is 1. The van der Waals surface area contributed by atoms with Crippen molar-refractivity contribution in [1.82, 2.24) is 9.97 Å². The third-order valence-corrected chi connectivity index (χ3v) is 3.04. The molecule has 0 bridgehead atoms. The van der Waals surface area contributed by atoms with Gasteiger partial charge in [0, 0.05) is 30.3 Å². The topological polar surface area (TPSA) is 106 Å². The van der Waals surface area contributed by atoms with E-state index in [9.17, 15) is 14.9 Å². The van der Waals surface area contributed by atoms with Gasteiger partial charge in [0.15, 0.2) is 0 Å². The molecular weight excluding hydrogens is 298 g/mol. The van der Waals surface area contributed by atoms with Crippen LogP contribution in [0, 0.1) is 10.1 Å². The van der Waals surface area contributed by atoms with E-state index in [-0.39, 0.29) is 17.3 Å². The van der Waals surface area contributed by atoms with Crippen molar-refractivity contribution in [2.24, 2.45) is 0 Å². The maximum absolute atomic E-state index is 10.6. The molecule has 1 aromatic carbocycles. The summed E-state index contributed by atoms with van der Waals surface area (Å²) < 4.78 is 0. The van der Waals surface area contributed by atoms with Gasteiger partial charge in [-0.05, 0) is 5.56 Å². The number of non-ortho nitro benzene ring substituents is 1. The highest BCUT2D eigenvalue weighted by atomic mass is 35.5. The molecular formula is C13H10ClN3O4. The lowest BCUT2D eigenvalue weighted by atomic mass is 10.1. The zero-order valence-corrected chi connectivity index (χ0v) is 11.4. The maximum Gasteiger partial charge on any atom is 0.307 e. The molecule has 0 aliphatic carbocycles. The summed E-state index contributed by atoms with van der Waals surface area (Å²) in [6, 6.07) is 6.02. The van der Waals surface area contributed by atoms with Gasteiger partial charge in [0.2, 0.25) is 0 Å². The molecule has 0 atom stereocenters. The zero-order valence-electron chi connectivity index (χ0n) is 10.7. The summed E-state index contributed by atoms with van der Waals surface area (Å²) in [6.45, 7) is 0. The Hall–Kier alpha value is -2.54. The SMILES string of the molecule is O=C(O)Cc1cnc(Cc2ccc([N+](=O)[O-])cc2)nc1Cl. The van der Waals surface area contributed by atoms with Crippen molar-refractivity contribution in [3.8, 4) is 0 Å². The van der Waals surface area contributed by atoms with Crippen LogP contribution in [0.15, 0.2) is 30.5 Å². The molecule has 8 heteroatoms. The quantitative estimate of drug-likeness (QED) is 0.516. The van der Waals surface area contributed by atoms with Crippen molar-refractivity contribution in [2.75, 3.05) is 0 Å². The first-order chi connectivity index (χ1) is 9.95. The maximum atomic E-state index is 10.6. The predicted molar refractivity (Wildman–Crippen MR) is 74.3 cm³/mol. The second kappa shape index (κ2) is 6.27. The number of nitro benzene ring substituents is 1. The lowest BCUT2D eigenvalue weighted by Gasteiger charge is -2.04. The van der Waals surface area contributed by atoms with Crippen LogP contribution in [0.2, 0.25) is 5.15 Å². The van der Waals surface area contributed by atoms with Crippen molar-refractivity contribution >= 4 is 23.3 Å². The van der Waals surface area contributed by atoms with E-state index in [2.05, 4.69) is 9.97 Å². The van der Waals surface area contributed by atoms with Gasteiger partial charge in [0.1, 0.15) is 11.0 Å². The fourth-order valence-corrected chi connectivity index (χ4v) is 1.92. The molecule has 0 saturated heterocycles. The van der Waals surface area contributed by atoms with E-state index in [0.29, 0.717) is 17.8 Å². The molecule has 21 heavy (non-hydrogen) atoms. The lowest BCUT2D eigenvalue weighted by molar-refractivity contribution is -0.384. The molecule has 0 saturated carbocycles. The summed E-state index contributed by atoms with van der Waals surface area (Å²) in [7, 11) is 0. The van der Waals surface area contributed by atoms with Crippen LogP contribution in [0.3, 0.4) is 0 Å². The van der Waals surface area contributed by atoms with Crippen LogP contribution in [0.25, 0.3) is 0 Å². The minimum atomic E-state index is -1.01. The Balaban J connectivity index is 2.14. The van der Waals surface area contributed by atoms with E-state index < -0.39 is 10.9 Å². The fourth-order valence-electron chi connectivity index (χ4n) is 1.70. The number of aromatic nitrogens is 2. The molecule has 0 spiro atoms. The third-order valence-electron chi connectivity index (χ3n) is 2.71. The number of nitro groups is 1. The number of aliphatic carboxylic acids is 1. The van der Waals surface area contributed by atoms with Gasteiger partial charge in [-0.15, -0.1) is 0 Å². The predicted octanol–water partition coefficient (Wildman–Crippen LogP) is 2.26. The average Bonchev–Trinajstić information content (AvgIpc) is 2.42. The van der Waals surface area contributed by atoms with E-state index >= 15 is 0 Å². The Labute approximate surface area is 124 Å².